The molecular weight excluding hydrogens is 200 g/mol. The Morgan fingerprint density at radius 3 is 2.69 bits per heavy atom. The van der Waals surface area contributed by atoms with Gasteiger partial charge in [0.1, 0.15) is 0 Å². The summed E-state index contributed by atoms with van der Waals surface area (Å²) in [6, 6.07) is 2.21. The Kier molecular flexibility index (Phi) is 2.92. The first kappa shape index (κ1) is 11.4. The second kappa shape index (κ2) is 4.08. The van der Waals surface area contributed by atoms with Gasteiger partial charge in [0.2, 0.25) is 5.91 Å². The average molecular weight is 220 g/mol. The molecule has 2 fully saturated rings. The van der Waals surface area contributed by atoms with E-state index in [2.05, 4.69) is 11.4 Å². The SMILES string of the molecule is CC(C)(C#N)CNC(=O)C1CC2CCC1C2. The Bertz CT molecular complexity index is 329. The Hall–Kier alpha value is -1.04. The van der Waals surface area contributed by atoms with Gasteiger partial charge in [-0.2, -0.15) is 5.26 Å². The van der Waals surface area contributed by atoms with Crippen LogP contribution in [0.2, 0.25) is 0 Å². The van der Waals surface area contributed by atoms with Gasteiger partial charge in [-0.05, 0) is 44.9 Å². The number of carbonyl (C=O) groups is 1. The van der Waals surface area contributed by atoms with Gasteiger partial charge in [-0.3, -0.25) is 4.79 Å². The topological polar surface area (TPSA) is 52.9 Å². The number of carbonyl (C=O) groups excluding carboxylic acids is 1. The van der Waals surface area contributed by atoms with Crippen LogP contribution in [0.4, 0.5) is 0 Å². The fourth-order valence-corrected chi connectivity index (χ4v) is 3.04. The molecular formula is C13H20N2O. The highest BCUT2D eigenvalue weighted by Gasteiger charge is 2.43. The first-order valence-electron chi connectivity index (χ1n) is 6.21. The van der Waals surface area contributed by atoms with Gasteiger partial charge in [-0.15, -0.1) is 0 Å². The van der Waals surface area contributed by atoms with E-state index in [1.54, 1.807) is 0 Å². The van der Waals surface area contributed by atoms with Crippen molar-refractivity contribution in [1.82, 2.24) is 5.32 Å². The third kappa shape index (κ3) is 2.21. The molecule has 0 aromatic carbocycles. The minimum atomic E-state index is -0.451. The molecule has 1 N–H and O–H groups in total. The molecule has 2 bridgehead atoms. The number of nitrogens with one attached hydrogen (secondary N) is 1. The fourth-order valence-electron chi connectivity index (χ4n) is 3.04. The summed E-state index contributed by atoms with van der Waals surface area (Å²) in [5, 5.41) is 11.8. The zero-order valence-electron chi connectivity index (χ0n) is 10.1. The van der Waals surface area contributed by atoms with Gasteiger partial charge in [-0.25, -0.2) is 0 Å². The van der Waals surface area contributed by atoms with Gasteiger partial charge in [-0.1, -0.05) is 6.42 Å². The van der Waals surface area contributed by atoms with Crippen molar-refractivity contribution in [2.45, 2.75) is 39.5 Å². The molecule has 2 rings (SSSR count). The smallest absolute Gasteiger partial charge is 0.223 e. The zero-order valence-corrected chi connectivity index (χ0v) is 10.1. The molecule has 0 heterocycles. The summed E-state index contributed by atoms with van der Waals surface area (Å²) >= 11 is 0. The molecule has 0 aliphatic heterocycles. The molecule has 1 amide bonds. The van der Waals surface area contributed by atoms with Crippen LogP contribution in [-0.2, 0) is 4.79 Å². The normalized spacial score (nSPS) is 32.4. The van der Waals surface area contributed by atoms with Crippen molar-refractivity contribution in [2.75, 3.05) is 6.54 Å². The molecule has 0 radical (unpaired) electrons. The maximum atomic E-state index is 12.0. The third-order valence-electron chi connectivity index (χ3n) is 4.08. The monoisotopic (exact) mass is 220 g/mol. The second-order valence-electron chi connectivity index (χ2n) is 5.99. The minimum Gasteiger partial charge on any atom is -0.354 e. The maximum Gasteiger partial charge on any atom is 0.223 e. The highest BCUT2D eigenvalue weighted by atomic mass is 16.1. The van der Waals surface area contributed by atoms with Crippen LogP contribution in [0.15, 0.2) is 0 Å². The quantitative estimate of drug-likeness (QED) is 0.791. The van der Waals surface area contributed by atoms with Crippen molar-refractivity contribution in [3.8, 4) is 6.07 Å². The van der Waals surface area contributed by atoms with Crippen molar-refractivity contribution < 1.29 is 4.79 Å². The number of rotatable bonds is 3. The van der Waals surface area contributed by atoms with E-state index in [0.29, 0.717) is 12.5 Å². The Labute approximate surface area is 97.2 Å². The van der Waals surface area contributed by atoms with Gasteiger partial charge < -0.3 is 5.32 Å². The average Bonchev–Trinajstić information content (AvgIpc) is 2.87. The first-order valence-corrected chi connectivity index (χ1v) is 6.21. The van der Waals surface area contributed by atoms with E-state index in [4.69, 9.17) is 5.26 Å². The van der Waals surface area contributed by atoms with E-state index in [0.717, 1.165) is 12.3 Å². The van der Waals surface area contributed by atoms with Gasteiger partial charge >= 0.3 is 0 Å². The number of amides is 1. The van der Waals surface area contributed by atoms with Gasteiger partial charge in [0.25, 0.3) is 0 Å². The van der Waals surface area contributed by atoms with E-state index in [1.807, 2.05) is 13.8 Å². The van der Waals surface area contributed by atoms with Crippen molar-refractivity contribution >= 4 is 5.91 Å². The number of nitrogens with zero attached hydrogens (tertiary/aromatic N) is 1. The molecule has 2 aliphatic carbocycles. The van der Waals surface area contributed by atoms with E-state index in [9.17, 15) is 4.79 Å². The Morgan fingerprint density at radius 2 is 2.19 bits per heavy atom. The van der Waals surface area contributed by atoms with Crippen molar-refractivity contribution in [3.63, 3.8) is 0 Å². The number of hydrogen-bond acceptors (Lipinski definition) is 2. The first-order chi connectivity index (χ1) is 7.52. The molecule has 0 aromatic rings. The molecule has 3 nitrogen and oxygen atoms in total. The molecule has 16 heavy (non-hydrogen) atoms. The summed E-state index contributed by atoms with van der Waals surface area (Å²) in [6.45, 7) is 4.18. The van der Waals surface area contributed by atoms with Crippen molar-refractivity contribution in [3.05, 3.63) is 0 Å². The lowest BCUT2D eigenvalue weighted by molar-refractivity contribution is -0.126. The summed E-state index contributed by atoms with van der Waals surface area (Å²) in [4.78, 5) is 12.0. The summed E-state index contributed by atoms with van der Waals surface area (Å²) in [6.07, 6.45) is 4.87. The van der Waals surface area contributed by atoms with Crippen LogP contribution in [0, 0.1) is 34.5 Å². The number of fused-ring (bicyclic) bond motifs is 2. The van der Waals surface area contributed by atoms with Gasteiger partial charge in [0.15, 0.2) is 0 Å². The largest absolute Gasteiger partial charge is 0.354 e. The Balaban J connectivity index is 1.83. The highest BCUT2D eigenvalue weighted by molar-refractivity contribution is 5.79. The van der Waals surface area contributed by atoms with Crippen LogP contribution in [0.25, 0.3) is 0 Å². The highest BCUT2D eigenvalue weighted by Crippen LogP contribution is 2.48. The van der Waals surface area contributed by atoms with E-state index >= 15 is 0 Å². The predicted octanol–water partition coefficient (Wildman–Crippen LogP) is 2.09. The molecule has 2 aliphatic rings. The molecule has 3 heteroatoms. The van der Waals surface area contributed by atoms with Gasteiger partial charge in [0.05, 0.1) is 11.5 Å². The van der Waals surface area contributed by atoms with Crippen LogP contribution in [0.3, 0.4) is 0 Å². The molecule has 88 valence electrons. The third-order valence-corrected chi connectivity index (χ3v) is 4.08. The van der Waals surface area contributed by atoms with Crippen molar-refractivity contribution in [1.29, 1.82) is 5.26 Å². The molecule has 3 unspecified atom stereocenters. The summed E-state index contributed by atoms with van der Waals surface area (Å²) in [5.74, 6) is 1.82. The summed E-state index contributed by atoms with van der Waals surface area (Å²) in [5.41, 5.74) is -0.451. The molecule has 0 aromatic heterocycles. The molecule has 2 saturated carbocycles. The van der Waals surface area contributed by atoms with E-state index < -0.39 is 5.41 Å². The van der Waals surface area contributed by atoms with Crippen molar-refractivity contribution in [2.24, 2.45) is 23.2 Å². The van der Waals surface area contributed by atoms with Crippen LogP contribution in [0.5, 0.6) is 0 Å². The number of nitriles is 1. The Morgan fingerprint density at radius 1 is 1.44 bits per heavy atom. The standard InChI is InChI=1S/C13H20N2O/c1-13(2,7-14)8-15-12(16)11-6-9-3-4-10(11)5-9/h9-11H,3-6,8H2,1-2H3,(H,15,16). The maximum absolute atomic E-state index is 12.0. The zero-order chi connectivity index (χ0) is 11.8. The minimum absolute atomic E-state index is 0.176. The number of hydrogen-bond donors (Lipinski definition) is 1. The van der Waals surface area contributed by atoms with Crippen LogP contribution < -0.4 is 5.32 Å². The molecule has 0 spiro atoms. The fraction of sp³-hybridized carbons (Fsp3) is 0.846. The van der Waals surface area contributed by atoms with E-state index in [1.165, 1.54) is 19.3 Å². The molecule has 3 atom stereocenters. The lowest BCUT2D eigenvalue weighted by Gasteiger charge is -2.23. The van der Waals surface area contributed by atoms with Gasteiger partial charge in [0, 0.05) is 12.5 Å². The lowest BCUT2D eigenvalue weighted by atomic mass is 9.87. The van der Waals surface area contributed by atoms with E-state index in [-0.39, 0.29) is 11.8 Å². The summed E-state index contributed by atoms with van der Waals surface area (Å²) in [7, 11) is 0. The summed E-state index contributed by atoms with van der Waals surface area (Å²) < 4.78 is 0. The lowest BCUT2D eigenvalue weighted by Crippen LogP contribution is -2.38. The second-order valence-corrected chi connectivity index (χ2v) is 5.99. The molecule has 0 saturated heterocycles. The predicted molar refractivity (Wildman–Crippen MR) is 61.3 cm³/mol. The van der Waals surface area contributed by atoms with Crippen LogP contribution in [0.1, 0.15) is 39.5 Å². The van der Waals surface area contributed by atoms with Crippen LogP contribution >= 0.6 is 0 Å². The van der Waals surface area contributed by atoms with Crippen LogP contribution in [-0.4, -0.2) is 12.5 Å².